The highest BCUT2D eigenvalue weighted by Crippen LogP contribution is 2.29. The lowest BCUT2D eigenvalue weighted by Gasteiger charge is -2.12. The van der Waals surface area contributed by atoms with Crippen LogP contribution in [0.25, 0.3) is 0 Å². The fourth-order valence-corrected chi connectivity index (χ4v) is 1.74. The van der Waals surface area contributed by atoms with Crippen LogP contribution in [0.3, 0.4) is 0 Å². The molecule has 0 aliphatic carbocycles. The van der Waals surface area contributed by atoms with Gasteiger partial charge in [0, 0.05) is 6.07 Å². The summed E-state index contributed by atoms with van der Waals surface area (Å²) in [6, 6.07) is 10.3. The number of carbonyl (C=O) groups is 1. The number of carbonyl (C=O) groups excluding carboxylic acids is 1. The topological polar surface area (TPSA) is 59.6 Å². The largest absolute Gasteiger partial charge is 0.497 e. The van der Waals surface area contributed by atoms with Crippen molar-refractivity contribution in [3.63, 3.8) is 0 Å². The van der Waals surface area contributed by atoms with Crippen molar-refractivity contribution >= 4 is 17.4 Å². The summed E-state index contributed by atoms with van der Waals surface area (Å²) in [6.45, 7) is 0. The lowest BCUT2D eigenvalue weighted by molar-refractivity contribution is 0.262. The van der Waals surface area contributed by atoms with E-state index in [4.69, 9.17) is 9.47 Å². The van der Waals surface area contributed by atoms with E-state index in [1.165, 1.54) is 26.4 Å². The molecule has 0 saturated carbocycles. The van der Waals surface area contributed by atoms with Gasteiger partial charge in [-0.25, -0.2) is 9.18 Å². The van der Waals surface area contributed by atoms with Gasteiger partial charge in [0.25, 0.3) is 0 Å². The van der Waals surface area contributed by atoms with Gasteiger partial charge in [-0.2, -0.15) is 0 Å². The SMILES string of the molecule is COc1ccc(NC(=O)Nc2ccccc2F)c(OC)c1. The molecule has 0 atom stereocenters. The maximum absolute atomic E-state index is 13.4. The number of halogens is 1. The molecule has 0 unspecified atom stereocenters. The zero-order valence-corrected chi connectivity index (χ0v) is 11.6. The molecule has 2 N–H and O–H groups in total. The molecule has 0 spiro atoms. The number of amides is 2. The number of ether oxygens (including phenoxy) is 2. The third-order valence-corrected chi connectivity index (χ3v) is 2.78. The highest BCUT2D eigenvalue weighted by atomic mass is 19.1. The number of para-hydroxylation sites is 1. The minimum Gasteiger partial charge on any atom is -0.497 e. The third-order valence-electron chi connectivity index (χ3n) is 2.78. The van der Waals surface area contributed by atoms with E-state index in [0.717, 1.165) is 0 Å². The van der Waals surface area contributed by atoms with Crippen LogP contribution in [0.5, 0.6) is 11.5 Å². The van der Waals surface area contributed by atoms with E-state index < -0.39 is 11.8 Å². The van der Waals surface area contributed by atoms with Crippen molar-refractivity contribution in [2.45, 2.75) is 0 Å². The van der Waals surface area contributed by atoms with Crippen molar-refractivity contribution in [1.82, 2.24) is 0 Å². The number of nitrogens with one attached hydrogen (secondary N) is 2. The molecular weight excluding hydrogens is 275 g/mol. The van der Waals surface area contributed by atoms with Crippen molar-refractivity contribution in [2.24, 2.45) is 0 Å². The summed E-state index contributed by atoms with van der Waals surface area (Å²) in [4.78, 5) is 11.9. The lowest BCUT2D eigenvalue weighted by atomic mass is 10.2. The molecule has 0 aromatic heterocycles. The van der Waals surface area contributed by atoms with Crippen molar-refractivity contribution in [1.29, 1.82) is 0 Å². The van der Waals surface area contributed by atoms with Gasteiger partial charge in [-0.3, -0.25) is 0 Å². The Kier molecular flexibility index (Phi) is 4.61. The molecule has 2 rings (SSSR count). The van der Waals surface area contributed by atoms with Gasteiger partial charge in [0.15, 0.2) is 0 Å². The van der Waals surface area contributed by atoms with Gasteiger partial charge in [-0.1, -0.05) is 12.1 Å². The first-order chi connectivity index (χ1) is 10.1. The number of anilines is 2. The molecule has 0 heterocycles. The predicted octanol–water partition coefficient (Wildman–Crippen LogP) is 3.49. The van der Waals surface area contributed by atoms with Crippen LogP contribution in [0.15, 0.2) is 42.5 Å². The van der Waals surface area contributed by atoms with Crippen LogP contribution >= 0.6 is 0 Å². The molecule has 2 aromatic carbocycles. The number of methoxy groups -OCH3 is 2. The van der Waals surface area contributed by atoms with Crippen LogP contribution in [-0.4, -0.2) is 20.3 Å². The molecule has 2 aromatic rings. The summed E-state index contributed by atoms with van der Waals surface area (Å²) >= 11 is 0. The maximum atomic E-state index is 13.4. The molecule has 0 aliphatic rings. The average molecular weight is 290 g/mol. The number of hydrogen-bond donors (Lipinski definition) is 2. The van der Waals surface area contributed by atoms with E-state index in [1.807, 2.05) is 0 Å². The second-order valence-corrected chi connectivity index (χ2v) is 4.13. The van der Waals surface area contributed by atoms with Crippen molar-refractivity contribution in [3.05, 3.63) is 48.3 Å². The van der Waals surface area contributed by atoms with Gasteiger partial charge in [-0.15, -0.1) is 0 Å². The maximum Gasteiger partial charge on any atom is 0.323 e. The van der Waals surface area contributed by atoms with Gasteiger partial charge in [0.1, 0.15) is 17.3 Å². The van der Waals surface area contributed by atoms with Crippen LogP contribution in [0.4, 0.5) is 20.6 Å². The predicted molar refractivity (Wildman–Crippen MR) is 78.6 cm³/mol. The highest BCUT2D eigenvalue weighted by molar-refractivity contribution is 6.00. The fraction of sp³-hybridized carbons (Fsp3) is 0.133. The lowest BCUT2D eigenvalue weighted by Crippen LogP contribution is -2.20. The summed E-state index contributed by atoms with van der Waals surface area (Å²) in [5.41, 5.74) is 0.551. The molecule has 0 radical (unpaired) electrons. The molecule has 0 fully saturated rings. The van der Waals surface area contributed by atoms with Gasteiger partial charge >= 0.3 is 6.03 Å². The Morgan fingerprint density at radius 1 is 1.00 bits per heavy atom. The van der Waals surface area contributed by atoms with E-state index in [2.05, 4.69) is 10.6 Å². The van der Waals surface area contributed by atoms with Crippen LogP contribution in [0, 0.1) is 5.82 Å². The van der Waals surface area contributed by atoms with Gasteiger partial charge in [-0.05, 0) is 24.3 Å². The third kappa shape index (κ3) is 3.62. The Labute approximate surface area is 121 Å². The van der Waals surface area contributed by atoms with E-state index in [9.17, 15) is 9.18 Å². The number of hydrogen-bond acceptors (Lipinski definition) is 3. The first kappa shape index (κ1) is 14.6. The Balaban J connectivity index is 2.11. The molecule has 2 amide bonds. The average Bonchev–Trinajstić information content (AvgIpc) is 2.50. The summed E-state index contributed by atoms with van der Waals surface area (Å²) < 4.78 is 23.7. The molecule has 0 bridgehead atoms. The molecule has 0 saturated heterocycles. The zero-order valence-electron chi connectivity index (χ0n) is 11.6. The first-order valence-electron chi connectivity index (χ1n) is 6.18. The minimum absolute atomic E-state index is 0.0995. The minimum atomic E-state index is -0.566. The summed E-state index contributed by atoms with van der Waals surface area (Å²) in [7, 11) is 3.02. The Morgan fingerprint density at radius 2 is 1.71 bits per heavy atom. The Bertz CT molecular complexity index is 647. The molecule has 0 aliphatic heterocycles. The normalized spacial score (nSPS) is 9.86. The van der Waals surface area contributed by atoms with Gasteiger partial charge < -0.3 is 20.1 Å². The van der Waals surface area contributed by atoms with E-state index in [0.29, 0.717) is 17.2 Å². The van der Waals surface area contributed by atoms with Crippen LogP contribution in [0.1, 0.15) is 0 Å². The quantitative estimate of drug-likeness (QED) is 0.906. The highest BCUT2D eigenvalue weighted by Gasteiger charge is 2.10. The summed E-state index contributed by atoms with van der Waals surface area (Å²) in [6.07, 6.45) is 0. The van der Waals surface area contributed by atoms with Crippen molar-refractivity contribution < 1.29 is 18.7 Å². The Morgan fingerprint density at radius 3 is 2.38 bits per heavy atom. The van der Waals surface area contributed by atoms with Crippen LogP contribution in [0.2, 0.25) is 0 Å². The smallest absolute Gasteiger partial charge is 0.323 e. The second kappa shape index (κ2) is 6.60. The fourth-order valence-electron chi connectivity index (χ4n) is 1.74. The van der Waals surface area contributed by atoms with Gasteiger partial charge in [0.2, 0.25) is 0 Å². The van der Waals surface area contributed by atoms with E-state index >= 15 is 0 Å². The number of urea groups is 1. The van der Waals surface area contributed by atoms with Crippen LogP contribution < -0.4 is 20.1 Å². The molecule has 6 heteroatoms. The van der Waals surface area contributed by atoms with Crippen LogP contribution in [-0.2, 0) is 0 Å². The first-order valence-corrected chi connectivity index (χ1v) is 6.18. The molecule has 5 nitrogen and oxygen atoms in total. The van der Waals surface area contributed by atoms with Crippen molar-refractivity contribution in [2.75, 3.05) is 24.9 Å². The van der Waals surface area contributed by atoms with E-state index in [1.54, 1.807) is 30.3 Å². The number of benzene rings is 2. The summed E-state index contributed by atoms with van der Waals surface area (Å²) in [5, 5.41) is 5.02. The zero-order chi connectivity index (χ0) is 15.2. The van der Waals surface area contributed by atoms with Crippen molar-refractivity contribution in [3.8, 4) is 11.5 Å². The number of rotatable bonds is 4. The molecule has 110 valence electrons. The molecular formula is C15H15FN2O3. The summed E-state index contributed by atoms with van der Waals surface area (Å²) in [5.74, 6) is 0.541. The molecule has 21 heavy (non-hydrogen) atoms. The second-order valence-electron chi connectivity index (χ2n) is 4.13. The monoisotopic (exact) mass is 290 g/mol. The standard InChI is InChI=1S/C15H15FN2O3/c1-20-10-7-8-13(14(9-10)21-2)18-15(19)17-12-6-4-3-5-11(12)16/h3-9H,1-2H3,(H2,17,18,19). The van der Waals surface area contributed by atoms with E-state index in [-0.39, 0.29) is 5.69 Å². The van der Waals surface area contributed by atoms with Gasteiger partial charge in [0.05, 0.1) is 25.6 Å². The Hall–Kier alpha value is -2.76.